The summed E-state index contributed by atoms with van der Waals surface area (Å²) < 4.78 is 0. The first-order valence-electron chi connectivity index (χ1n) is 9.96. The van der Waals surface area contributed by atoms with Gasteiger partial charge in [-0.05, 0) is 59.0 Å². The second-order valence-electron chi connectivity index (χ2n) is 8.05. The van der Waals surface area contributed by atoms with Gasteiger partial charge >= 0.3 is 0 Å². The lowest BCUT2D eigenvalue weighted by atomic mass is 10.1. The number of rotatable bonds is 7. The van der Waals surface area contributed by atoms with Gasteiger partial charge in [-0.1, -0.05) is 79.4 Å². The molecule has 0 heterocycles. The Morgan fingerprint density at radius 3 is 1.84 bits per heavy atom. The Bertz CT molecular complexity index is 605. The van der Waals surface area contributed by atoms with Crippen LogP contribution in [0.15, 0.2) is 24.3 Å². The first-order chi connectivity index (χ1) is 11.8. The number of hydrogen-bond acceptors (Lipinski definition) is 0. The fourth-order valence-electron chi connectivity index (χ4n) is 4.01. The summed E-state index contributed by atoms with van der Waals surface area (Å²) in [5.41, 5.74) is 8.11. The molecule has 0 fully saturated rings. The molecule has 25 heavy (non-hydrogen) atoms. The van der Waals surface area contributed by atoms with E-state index in [2.05, 4.69) is 96.0 Å². The largest absolute Gasteiger partial charge is 0.147 e. The quantitative estimate of drug-likeness (QED) is 0.282. The summed E-state index contributed by atoms with van der Waals surface area (Å²) in [5, 5.41) is 0. The predicted molar refractivity (Wildman–Crippen MR) is 115 cm³/mol. The molecular formula is C24H36Si. The van der Waals surface area contributed by atoms with Crippen LogP contribution in [0.4, 0.5) is 0 Å². The van der Waals surface area contributed by atoms with Crippen molar-refractivity contribution in [3.05, 3.63) is 35.4 Å². The Kier molecular flexibility index (Phi) is 9.09. The molecule has 0 unspecified atom stereocenters. The van der Waals surface area contributed by atoms with Crippen LogP contribution in [0.2, 0.25) is 16.6 Å². The van der Waals surface area contributed by atoms with E-state index >= 15 is 0 Å². The van der Waals surface area contributed by atoms with Crippen molar-refractivity contribution in [1.82, 2.24) is 0 Å². The third kappa shape index (κ3) is 6.09. The Morgan fingerprint density at radius 2 is 1.36 bits per heavy atom. The van der Waals surface area contributed by atoms with Gasteiger partial charge in [0.25, 0.3) is 0 Å². The highest BCUT2D eigenvalue weighted by atomic mass is 28.3. The summed E-state index contributed by atoms with van der Waals surface area (Å²) in [6, 6.07) is 8.69. The molecule has 136 valence electrons. The minimum absolute atomic E-state index is 0.657. The molecule has 0 bridgehead atoms. The second kappa shape index (κ2) is 10.5. The maximum atomic E-state index is 3.66. The molecule has 0 aliphatic carbocycles. The molecule has 0 N–H and O–H groups in total. The first-order valence-corrected chi connectivity index (χ1v) is 12.2. The smallest absolute Gasteiger partial charge is 0.116 e. The maximum Gasteiger partial charge on any atom is 0.147 e. The lowest BCUT2D eigenvalue weighted by Crippen LogP contribution is -2.43. The van der Waals surface area contributed by atoms with E-state index in [-0.39, 0.29) is 0 Å². The summed E-state index contributed by atoms with van der Waals surface area (Å²) in [6.45, 7) is 16.3. The Labute approximate surface area is 157 Å². The van der Waals surface area contributed by atoms with Gasteiger partial charge < -0.3 is 0 Å². The van der Waals surface area contributed by atoms with Crippen molar-refractivity contribution in [2.45, 2.75) is 90.8 Å². The molecule has 0 atom stereocenters. The van der Waals surface area contributed by atoms with Crippen molar-refractivity contribution in [1.29, 1.82) is 0 Å². The topological polar surface area (TPSA) is 0 Å². The minimum Gasteiger partial charge on any atom is -0.116 e. The molecule has 1 rings (SSSR count). The van der Waals surface area contributed by atoms with Crippen molar-refractivity contribution in [2.75, 3.05) is 0 Å². The molecule has 1 aromatic rings. The van der Waals surface area contributed by atoms with Crippen molar-refractivity contribution >= 4 is 8.07 Å². The second-order valence-corrected chi connectivity index (χ2v) is 13.6. The van der Waals surface area contributed by atoms with Crippen molar-refractivity contribution in [3.8, 4) is 23.3 Å². The molecular weight excluding hydrogens is 316 g/mol. The molecule has 0 spiro atoms. The SMILES string of the molecule is CCCCCc1ccc(C#CC#C[Si](C(C)C)(C(C)C)C(C)C)cc1. The van der Waals surface area contributed by atoms with Crippen LogP contribution in [0.3, 0.4) is 0 Å². The van der Waals surface area contributed by atoms with E-state index in [4.69, 9.17) is 0 Å². The van der Waals surface area contributed by atoms with Gasteiger partial charge in [0.1, 0.15) is 8.07 Å². The van der Waals surface area contributed by atoms with E-state index < -0.39 is 8.07 Å². The molecule has 0 aliphatic heterocycles. The van der Waals surface area contributed by atoms with Crippen LogP contribution in [0.1, 0.15) is 78.9 Å². The van der Waals surface area contributed by atoms with Crippen LogP contribution in [0, 0.1) is 23.3 Å². The van der Waals surface area contributed by atoms with Crippen LogP contribution >= 0.6 is 0 Å². The predicted octanol–water partition coefficient (Wildman–Crippen LogP) is 6.99. The van der Waals surface area contributed by atoms with Crippen molar-refractivity contribution < 1.29 is 0 Å². The number of benzene rings is 1. The number of aryl methyl sites for hydroxylation is 1. The van der Waals surface area contributed by atoms with E-state index in [1.54, 1.807) is 0 Å². The summed E-state index contributed by atoms with van der Waals surface area (Å²) in [5.74, 6) is 9.57. The van der Waals surface area contributed by atoms with Crippen LogP contribution in [-0.2, 0) is 6.42 Å². The first kappa shape index (κ1) is 21.6. The summed E-state index contributed by atoms with van der Waals surface area (Å²) in [7, 11) is -1.66. The average Bonchev–Trinajstić information content (AvgIpc) is 2.55. The molecule has 1 aromatic carbocycles. The van der Waals surface area contributed by atoms with Gasteiger partial charge in [-0.2, -0.15) is 0 Å². The van der Waals surface area contributed by atoms with Gasteiger partial charge in [-0.25, -0.2) is 0 Å². The molecule has 0 saturated heterocycles. The van der Waals surface area contributed by atoms with Crippen LogP contribution in [-0.4, -0.2) is 8.07 Å². The molecule has 1 heteroatoms. The van der Waals surface area contributed by atoms with E-state index in [0.29, 0.717) is 16.6 Å². The standard InChI is InChI=1S/C24H36Si/c1-8-9-10-13-23-15-17-24(18-16-23)14-11-12-19-25(20(2)3,21(4)5)22(6)7/h15-18,20-22H,8-10,13H2,1-7H3. The fourth-order valence-corrected chi connectivity index (χ4v) is 9.15. The highest BCUT2D eigenvalue weighted by Crippen LogP contribution is 2.40. The monoisotopic (exact) mass is 352 g/mol. The highest BCUT2D eigenvalue weighted by Gasteiger charge is 2.41. The zero-order valence-corrected chi connectivity index (χ0v) is 18.4. The van der Waals surface area contributed by atoms with Gasteiger partial charge in [0.2, 0.25) is 0 Å². The summed E-state index contributed by atoms with van der Waals surface area (Å²) in [6.07, 6.45) is 5.03. The van der Waals surface area contributed by atoms with Gasteiger partial charge in [0.05, 0.1) is 0 Å². The van der Waals surface area contributed by atoms with Crippen molar-refractivity contribution in [2.24, 2.45) is 0 Å². The molecule has 0 aliphatic rings. The Hall–Kier alpha value is -1.44. The third-order valence-corrected chi connectivity index (χ3v) is 11.7. The molecule has 0 saturated carbocycles. The van der Waals surface area contributed by atoms with E-state index in [9.17, 15) is 0 Å². The summed E-state index contributed by atoms with van der Waals surface area (Å²) in [4.78, 5) is 0. The number of hydrogen-bond donors (Lipinski definition) is 0. The fraction of sp³-hybridized carbons (Fsp3) is 0.583. The zero-order valence-electron chi connectivity index (χ0n) is 17.4. The Morgan fingerprint density at radius 1 is 0.800 bits per heavy atom. The van der Waals surface area contributed by atoms with Gasteiger partial charge in [-0.3, -0.25) is 0 Å². The third-order valence-electron chi connectivity index (χ3n) is 5.44. The van der Waals surface area contributed by atoms with Crippen LogP contribution in [0.5, 0.6) is 0 Å². The molecule has 0 radical (unpaired) electrons. The van der Waals surface area contributed by atoms with E-state index in [0.717, 1.165) is 5.56 Å². The maximum absolute atomic E-state index is 3.66. The lowest BCUT2D eigenvalue weighted by Gasteiger charge is -2.37. The number of unbranched alkanes of at least 4 members (excludes halogenated alkanes) is 2. The Balaban J connectivity index is 2.87. The van der Waals surface area contributed by atoms with E-state index in [1.807, 2.05) is 0 Å². The van der Waals surface area contributed by atoms with E-state index in [1.165, 1.54) is 31.2 Å². The summed E-state index contributed by atoms with van der Waals surface area (Å²) >= 11 is 0. The minimum atomic E-state index is -1.66. The zero-order chi connectivity index (χ0) is 18.9. The van der Waals surface area contributed by atoms with Gasteiger partial charge in [0, 0.05) is 5.56 Å². The molecule has 0 aromatic heterocycles. The highest BCUT2D eigenvalue weighted by molar-refractivity contribution is 6.90. The van der Waals surface area contributed by atoms with Crippen LogP contribution in [0.25, 0.3) is 0 Å². The normalized spacial score (nSPS) is 11.3. The van der Waals surface area contributed by atoms with Crippen LogP contribution < -0.4 is 0 Å². The van der Waals surface area contributed by atoms with Gasteiger partial charge in [0.15, 0.2) is 0 Å². The van der Waals surface area contributed by atoms with Gasteiger partial charge in [-0.15, -0.1) is 5.54 Å². The average molecular weight is 353 g/mol. The molecule has 0 amide bonds. The molecule has 0 nitrogen and oxygen atoms in total. The lowest BCUT2D eigenvalue weighted by molar-refractivity contribution is 0.717. The van der Waals surface area contributed by atoms with Crippen molar-refractivity contribution in [3.63, 3.8) is 0 Å².